The number of carbonyl (C=O) groups is 2. The van der Waals surface area contributed by atoms with Gasteiger partial charge in [0.2, 0.25) is 0 Å². The highest BCUT2D eigenvalue weighted by Gasteiger charge is 2.59. The molecule has 0 bridgehead atoms. The maximum absolute atomic E-state index is 12.8. The normalized spacial score (nSPS) is 24.2. The van der Waals surface area contributed by atoms with Crippen LogP contribution >= 0.6 is 0 Å². The highest BCUT2D eigenvalue weighted by molar-refractivity contribution is 6.05. The molecule has 2 aliphatic heterocycles. The summed E-state index contributed by atoms with van der Waals surface area (Å²) >= 11 is 0. The number of ether oxygens (including phenoxy) is 2. The van der Waals surface area contributed by atoms with E-state index in [1.54, 1.807) is 4.90 Å². The standard InChI is InChI=1S/C19H23NO4/c1-13(14-8-6-5-7-9-14)20-11-19(17(22)24-18(2,3)4)12-23-10-15(19)16(20)21/h5-10,13H,11-12H2,1-4H3/t13-,19+/m1/s1. The molecular formula is C19H23NO4. The smallest absolute Gasteiger partial charge is 0.322 e. The van der Waals surface area contributed by atoms with Crippen LogP contribution in [0, 0.1) is 5.41 Å². The topological polar surface area (TPSA) is 55.8 Å². The van der Waals surface area contributed by atoms with Crippen LogP contribution < -0.4 is 0 Å². The third kappa shape index (κ3) is 2.68. The second-order valence-corrected chi connectivity index (χ2v) is 7.45. The zero-order chi connectivity index (χ0) is 17.5. The molecule has 2 atom stereocenters. The lowest BCUT2D eigenvalue weighted by molar-refractivity contribution is -0.165. The van der Waals surface area contributed by atoms with E-state index in [4.69, 9.17) is 9.47 Å². The van der Waals surface area contributed by atoms with Crippen molar-refractivity contribution in [3.63, 3.8) is 0 Å². The lowest BCUT2D eigenvalue weighted by atomic mass is 9.85. The summed E-state index contributed by atoms with van der Waals surface area (Å²) in [5.41, 5.74) is -0.194. The predicted octanol–water partition coefficient (Wildman–Crippen LogP) is 2.83. The Hall–Kier alpha value is -2.30. The fraction of sp³-hybridized carbons (Fsp3) is 0.474. The van der Waals surface area contributed by atoms with E-state index in [-0.39, 0.29) is 25.1 Å². The molecule has 0 spiro atoms. The lowest BCUT2D eigenvalue weighted by Gasteiger charge is -2.30. The summed E-state index contributed by atoms with van der Waals surface area (Å²) in [7, 11) is 0. The third-order valence-electron chi connectivity index (χ3n) is 4.52. The molecule has 128 valence electrons. The van der Waals surface area contributed by atoms with Gasteiger partial charge in [-0.1, -0.05) is 30.3 Å². The van der Waals surface area contributed by atoms with E-state index >= 15 is 0 Å². The van der Waals surface area contributed by atoms with Crippen molar-refractivity contribution in [2.24, 2.45) is 5.41 Å². The van der Waals surface area contributed by atoms with Gasteiger partial charge in [-0.05, 0) is 33.3 Å². The fourth-order valence-electron chi connectivity index (χ4n) is 3.19. The summed E-state index contributed by atoms with van der Waals surface area (Å²) in [4.78, 5) is 27.4. The van der Waals surface area contributed by atoms with Crippen LogP contribution in [0.15, 0.2) is 42.2 Å². The molecule has 5 nitrogen and oxygen atoms in total. The Morgan fingerprint density at radius 3 is 2.58 bits per heavy atom. The highest BCUT2D eigenvalue weighted by Crippen LogP contribution is 2.45. The van der Waals surface area contributed by atoms with Gasteiger partial charge < -0.3 is 14.4 Å². The molecule has 0 N–H and O–H groups in total. The van der Waals surface area contributed by atoms with Crippen LogP contribution in [0.5, 0.6) is 0 Å². The molecule has 0 radical (unpaired) electrons. The molecule has 24 heavy (non-hydrogen) atoms. The predicted molar refractivity (Wildman–Crippen MR) is 88.9 cm³/mol. The minimum Gasteiger partial charge on any atom is -0.499 e. The monoisotopic (exact) mass is 329 g/mol. The first-order valence-electron chi connectivity index (χ1n) is 8.16. The van der Waals surface area contributed by atoms with Gasteiger partial charge in [0.25, 0.3) is 5.91 Å². The number of amides is 1. The SMILES string of the molecule is C[C@H](c1ccccc1)N1C[C@]2(C(=O)OC(C)(C)C)COC=C2C1=O. The zero-order valence-electron chi connectivity index (χ0n) is 14.5. The minimum atomic E-state index is -1.02. The van der Waals surface area contributed by atoms with E-state index in [1.165, 1.54) is 6.26 Å². The van der Waals surface area contributed by atoms with Crippen LogP contribution in [0.2, 0.25) is 0 Å². The van der Waals surface area contributed by atoms with E-state index in [2.05, 4.69) is 0 Å². The van der Waals surface area contributed by atoms with E-state index < -0.39 is 17.0 Å². The van der Waals surface area contributed by atoms with Crippen LogP contribution in [0.4, 0.5) is 0 Å². The van der Waals surface area contributed by atoms with Gasteiger partial charge in [-0.25, -0.2) is 0 Å². The highest BCUT2D eigenvalue weighted by atomic mass is 16.6. The number of hydrogen-bond donors (Lipinski definition) is 0. The maximum Gasteiger partial charge on any atom is 0.322 e. The average Bonchev–Trinajstić information content (AvgIpc) is 3.06. The Balaban J connectivity index is 1.90. The molecule has 2 heterocycles. The van der Waals surface area contributed by atoms with Gasteiger partial charge in [0.05, 0.1) is 17.9 Å². The van der Waals surface area contributed by atoms with Crippen LogP contribution in [0.25, 0.3) is 0 Å². The fourth-order valence-corrected chi connectivity index (χ4v) is 3.19. The average molecular weight is 329 g/mol. The van der Waals surface area contributed by atoms with Gasteiger partial charge in [0, 0.05) is 6.54 Å². The quantitative estimate of drug-likeness (QED) is 0.800. The van der Waals surface area contributed by atoms with Gasteiger partial charge in [0.15, 0.2) is 5.41 Å². The number of benzene rings is 1. The molecule has 0 saturated carbocycles. The van der Waals surface area contributed by atoms with Crippen molar-refractivity contribution in [1.29, 1.82) is 0 Å². The van der Waals surface area contributed by atoms with Crippen molar-refractivity contribution in [2.45, 2.75) is 39.3 Å². The maximum atomic E-state index is 12.8. The number of fused-ring (bicyclic) bond motifs is 1. The Morgan fingerprint density at radius 1 is 1.29 bits per heavy atom. The lowest BCUT2D eigenvalue weighted by Crippen LogP contribution is -2.42. The molecule has 1 aromatic carbocycles. The summed E-state index contributed by atoms with van der Waals surface area (Å²) < 4.78 is 10.9. The van der Waals surface area contributed by atoms with E-state index in [0.717, 1.165) is 5.56 Å². The van der Waals surface area contributed by atoms with Crippen molar-refractivity contribution >= 4 is 11.9 Å². The molecular weight excluding hydrogens is 306 g/mol. The molecule has 0 aliphatic carbocycles. The van der Waals surface area contributed by atoms with Crippen molar-refractivity contribution in [2.75, 3.05) is 13.2 Å². The number of likely N-dealkylation sites (tertiary alicyclic amines) is 1. The number of nitrogens with zero attached hydrogens (tertiary/aromatic N) is 1. The van der Waals surface area contributed by atoms with Crippen molar-refractivity contribution < 1.29 is 19.1 Å². The molecule has 1 fully saturated rings. The molecule has 1 saturated heterocycles. The van der Waals surface area contributed by atoms with Gasteiger partial charge in [-0.3, -0.25) is 9.59 Å². The Morgan fingerprint density at radius 2 is 1.96 bits per heavy atom. The largest absolute Gasteiger partial charge is 0.499 e. The van der Waals surface area contributed by atoms with Crippen LogP contribution in [0.3, 0.4) is 0 Å². The zero-order valence-corrected chi connectivity index (χ0v) is 14.5. The van der Waals surface area contributed by atoms with E-state index in [9.17, 15) is 9.59 Å². The Labute approximate surface area is 142 Å². The molecule has 3 rings (SSSR count). The second kappa shape index (κ2) is 5.65. The molecule has 2 aliphatic rings. The molecule has 0 unspecified atom stereocenters. The first kappa shape index (κ1) is 16.6. The summed E-state index contributed by atoms with van der Waals surface area (Å²) in [6, 6.07) is 9.67. The molecule has 0 aromatic heterocycles. The number of esters is 1. The molecule has 1 amide bonds. The Bertz CT molecular complexity index is 689. The van der Waals surface area contributed by atoms with Crippen molar-refractivity contribution in [3.8, 4) is 0 Å². The van der Waals surface area contributed by atoms with Crippen LogP contribution in [-0.2, 0) is 19.1 Å². The minimum absolute atomic E-state index is 0.121. The molecule has 1 aromatic rings. The van der Waals surface area contributed by atoms with E-state index in [0.29, 0.717) is 5.57 Å². The summed E-state index contributed by atoms with van der Waals surface area (Å²) in [5, 5.41) is 0. The first-order chi connectivity index (χ1) is 11.2. The second-order valence-electron chi connectivity index (χ2n) is 7.45. The van der Waals surface area contributed by atoms with Crippen molar-refractivity contribution in [1.82, 2.24) is 4.90 Å². The van der Waals surface area contributed by atoms with Crippen LogP contribution in [-0.4, -0.2) is 35.5 Å². The first-order valence-corrected chi connectivity index (χ1v) is 8.16. The van der Waals surface area contributed by atoms with Gasteiger partial charge in [0.1, 0.15) is 12.2 Å². The Kier molecular flexibility index (Phi) is 3.90. The van der Waals surface area contributed by atoms with Gasteiger partial charge in [-0.2, -0.15) is 0 Å². The molecule has 5 heteroatoms. The van der Waals surface area contributed by atoms with Crippen molar-refractivity contribution in [3.05, 3.63) is 47.7 Å². The summed E-state index contributed by atoms with van der Waals surface area (Å²) in [6.45, 7) is 7.87. The van der Waals surface area contributed by atoms with E-state index in [1.807, 2.05) is 58.0 Å². The number of hydrogen-bond acceptors (Lipinski definition) is 4. The van der Waals surface area contributed by atoms with Gasteiger partial charge in [-0.15, -0.1) is 0 Å². The summed E-state index contributed by atoms with van der Waals surface area (Å²) in [6.07, 6.45) is 1.42. The summed E-state index contributed by atoms with van der Waals surface area (Å²) in [5.74, 6) is -0.551. The number of carbonyl (C=O) groups excluding carboxylic acids is 2. The number of rotatable bonds is 3. The third-order valence-corrected chi connectivity index (χ3v) is 4.52. The van der Waals surface area contributed by atoms with Gasteiger partial charge >= 0.3 is 5.97 Å². The van der Waals surface area contributed by atoms with Crippen LogP contribution in [0.1, 0.15) is 39.3 Å².